The molecule has 1 unspecified atom stereocenters. The molecule has 180 valence electrons. The number of likely N-dealkylation sites (tertiary alicyclic amines) is 1. The SMILES string of the molecule is C=CCc1cc(-c2ccc3c(n2)/C=C/NC(C)CCCC/N=C\3N2CCCCC2)ccc1CC. The molecule has 2 aromatic rings. The van der Waals surface area contributed by atoms with Gasteiger partial charge >= 0.3 is 0 Å². The monoisotopic (exact) mass is 456 g/mol. The lowest BCUT2D eigenvalue weighted by atomic mass is 9.97. The van der Waals surface area contributed by atoms with E-state index in [2.05, 4.69) is 73.3 Å². The second kappa shape index (κ2) is 12.0. The first-order valence-electron chi connectivity index (χ1n) is 13.2. The topological polar surface area (TPSA) is 40.5 Å². The van der Waals surface area contributed by atoms with Crippen LogP contribution < -0.4 is 5.32 Å². The number of hydrogen-bond donors (Lipinski definition) is 1. The van der Waals surface area contributed by atoms with Crippen LogP contribution in [-0.2, 0) is 12.8 Å². The van der Waals surface area contributed by atoms with Crippen molar-refractivity contribution >= 4 is 11.9 Å². The highest BCUT2D eigenvalue weighted by atomic mass is 15.2. The number of fused-ring (bicyclic) bond motifs is 1. The van der Waals surface area contributed by atoms with Crippen molar-refractivity contribution in [2.24, 2.45) is 4.99 Å². The normalized spacial score (nSPS) is 21.8. The van der Waals surface area contributed by atoms with E-state index in [4.69, 9.17) is 9.98 Å². The van der Waals surface area contributed by atoms with Crippen LogP contribution in [0.1, 0.15) is 74.8 Å². The summed E-state index contributed by atoms with van der Waals surface area (Å²) >= 11 is 0. The van der Waals surface area contributed by atoms with Crippen LogP contribution in [0.3, 0.4) is 0 Å². The van der Waals surface area contributed by atoms with E-state index in [9.17, 15) is 0 Å². The smallest absolute Gasteiger partial charge is 0.133 e. The third kappa shape index (κ3) is 5.97. The van der Waals surface area contributed by atoms with Crippen LogP contribution in [0.4, 0.5) is 0 Å². The van der Waals surface area contributed by atoms with Crippen molar-refractivity contribution in [3.05, 3.63) is 71.6 Å². The van der Waals surface area contributed by atoms with E-state index < -0.39 is 0 Å². The van der Waals surface area contributed by atoms with Crippen LogP contribution in [0.5, 0.6) is 0 Å². The van der Waals surface area contributed by atoms with Gasteiger partial charge in [0.2, 0.25) is 0 Å². The predicted molar refractivity (Wildman–Crippen MR) is 145 cm³/mol. The maximum atomic E-state index is 5.18. The summed E-state index contributed by atoms with van der Waals surface area (Å²) in [5, 5.41) is 3.55. The number of hydrogen-bond acceptors (Lipinski definition) is 4. The molecule has 1 aromatic carbocycles. The zero-order chi connectivity index (χ0) is 23.8. The number of benzene rings is 1. The van der Waals surface area contributed by atoms with Gasteiger partial charge in [-0.05, 0) is 99.9 Å². The molecule has 1 aromatic heterocycles. The third-order valence-corrected chi connectivity index (χ3v) is 7.00. The second-order valence-corrected chi connectivity index (χ2v) is 9.61. The molecular formula is C30H40N4. The lowest BCUT2D eigenvalue weighted by molar-refractivity contribution is 0.341. The molecular weight excluding hydrogens is 416 g/mol. The zero-order valence-corrected chi connectivity index (χ0v) is 21.0. The minimum Gasteiger partial charge on any atom is -0.388 e. The first-order valence-corrected chi connectivity index (χ1v) is 13.2. The van der Waals surface area contributed by atoms with Gasteiger partial charge in [0, 0.05) is 36.8 Å². The van der Waals surface area contributed by atoms with Crippen molar-refractivity contribution in [1.29, 1.82) is 0 Å². The highest BCUT2D eigenvalue weighted by molar-refractivity contribution is 6.01. The number of piperidine rings is 1. The number of pyridine rings is 1. The lowest BCUT2D eigenvalue weighted by Gasteiger charge is -2.31. The molecule has 3 heterocycles. The van der Waals surface area contributed by atoms with Crippen LogP contribution >= 0.6 is 0 Å². The van der Waals surface area contributed by atoms with Gasteiger partial charge in [0.1, 0.15) is 5.84 Å². The maximum absolute atomic E-state index is 5.18. The van der Waals surface area contributed by atoms with Crippen LogP contribution in [0.2, 0.25) is 0 Å². The summed E-state index contributed by atoms with van der Waals surface area (Å²) in [6.07, 6.45) is 15.4. The van der Waals surface area contributed by atoms with E-state index in [0.29, 0.717) is 6.04 Å². The van der Waals surface area contributed by atoms with Crippen molar-refractivity contribution < 1.29 is 0 Å². The fraction of sp³-hybridized carbons (Fsp3) is 0.467. The van der Waals surface area contributed by atoms with E-state index in [1.54, 1.807) is 0 Å². The summed E-state index contributed by atoms with van der Waals surface area (Å²) in [5.41, 5.74) is 7.03. The summed E-state index contributed by atoms with van der Waals surface area (Å²) < 4.78 is 0. The number of aliphatic imine (C=N–C) groups is 1. The van der Waals surface area contributed by atoms with E-state index >= 15 is 0 Å². The zero-order valence-electron chi connectivity index (χ0n) is 21.0. The fourth-order valence-electron chi connectivity index (χ4n) is 5.01. The van der Waals surface area contributed by atoms with Crippen molar-refractivity contribution in [3.63, 3.8) is 0 Å². The average molecular weight is 457 g/mol. The minimum absolute atomic E-state index is 0.455. The van der Waals surface area contributed by atoms with E-state index in [-0.39, 0.29) is 0 Å². The number of nitrogens with zero attached hydrogens (tertiary/aromatic N) is 3. The molecule has 0 amide bonds. The molecule has 4 rings (SSSR count). The van der Waals surface area contributed by atoms with Crippen molar-refractivity contribution in [2.75, 3.05) is 19.6 Å². The molecule has 1 N–H and O–H groups in total. The Hall–Kier alpha value is -2.88. The Morgan fingerprint density at radius 3 is 2.71 bits per heavy atom. The molecule has 2 aliphatic rings. The van der Waals surface area contributed by atoms with Gasteiger partial charge < -0.3 is 10.2 Å². The van der Waals surface area contributed by atoms with Crippen LogP contribution in [0.15, 0.2) is 54.2 Å². The Morgan fingerprint density at radius 2 is 1.91 bits per heavy atom. The quantitative estimate of drug-likeness (QED) is 0.541. The first kappa shape index (κ1) is 24.3. The molecule has 34 heavy (non-hydrogen) atoms. The molecule has 1 fully saturated rings. The van der Waals surface area contributed by atoms with Gasteiger partial charge in [-0.15, -0.1) is 6.58 Å². The Kier molecular flexibility index (Phi) is 8.56. The van der Waals surface area contributed by atoms with E-state index in [0.717, 1.165) is 73.7 Å². The predicted octanol–water partition coefficient (Wildman–Crippen LogP) is 6.40. The number of aromatic nitrogens is 1. The van der Waals surface area contributed by atoms with E-state index in [1.807, 2.05) is 6.08 Å². The number of nitrogens with one attached hydrogen (secondary N) is 1. The second-order valence-electron chi connectivity index (χ2n) is 9.61. The summed E-state index contributed by atoms with van der Waals surface area (Å²) in [6.45, 7) is 11.5. The van der Waals surface area contributed by atoms with Gasteiger partial charge in [-0.2, -0.15) is 0 Å². The first-order chi connectivity index (χ1) is 16.7. The largest absolute Gasteiger partial charge is 0.388 e. The van der Waals surface area contributed by atoms with Crippen LogP contribution in [-0.4, -0.2) is 41.4 Å². The molecule has 4 nitrogen and oxygen atoms in total. The van der Waals surface area contributed by atoms with Crippen molar-refractivity contribution in [2.45, 2.75) is 71.3 Å². The molecule has 4 heteroatoms. The van der Waals surface area contributed by atoms with Crippen molar-refractivity contribution in [1.82, 2.24) is 15.2 Å². The Morgan fingerprint density at radius 1 is 1.06 bits per heavy atom. The van der Waals surface area contributed by atoms with Gasteiger partial charge in [-0.25, -0.2) is 4.98 Å². The highest BCUT2D eigenvalue weighted by Gasteiger charge is 2.20. The Labute approximate surface area is 205 Å². The Bertz CT molecular complexity index is 1030. The number of rotatable bonds is 4. The highest BCUT2D eigenvalue weighted by Crippen LogP contribution is 2.26. The summed E-state index contributed by atoms with van der Waals surface area (Å²) in [7, 11) is 0. The summed E-state index contributed by atoms with van der Waals surface area (Å²) in [5.74, 6) is 1.13. The fourth-order valence-corrected chi connectivity index (χ4v) is 5.01. The Balaban J connectivity index is 1.77. The van der Waals surface area contributed by atoms with Gasteiger partial charge in [-0.1, -0.05) is 25.1 Å². The molecule has 0 bridgehead atoms. The lowest BCUT2D eigenvalue weighted by Crippen LogP contribution is -2.37. The maximum Gasteiger partial charge on any atom is 0.133 e. The molecule has 0 radical (unpaired) electrons. The van der Waals surface area contributed by atoms with Gasteiger partial charge in [0.05, 0.1) is 11.4 Å². The van der Waals surface area contributed by atoms with Crippen LogP contribution in [0.25, 0.3) is 17.3 Å². The molecule has 0 aliphatic carbocycles. The van der Waals surface area contributed by atoms with Crippen molar-refractivity contribution in [3.8, 4) is 11.3 Å². The average Bonchev–Trinajstić information content (AvgIpc) is 2.86. The number of allylic oxidation sites excluding steroid dienone is 1. The standard InChI is InChI=1S/C30H40N4/c1-4-11-25-22-26(14-13-24(25)5-2)28-16-15-27-29(33-28)17-19-31-23(3)12-7-8-18-32-30(27)34-20-9-6-10-21-34/h4,13-17,19,22-23,31H,1,5-12,18,20-21H2,2-3H3/b19-17+,32-30+. The summed E-state index contributed by atoms with van der Waals surface area (Å²) in [4.78, 5) is 12.8. The third-order valence-electron chi connectivity index (χ3n) is 7.00. The summed E-state index contributed by atoms with van der Waals surface area (Å²) in [6, 6.07) is 11.6. The van der Waals surface area contributed by atoms with Crippen LogP contribution in [0, 0.1) is 0 Å². The van der Waals surface area contributed by atoms with Gasteiger partial charge in [0.25, 0.3) is 0 Å². The van der Waals surface area contributed by atoms with Gasteiger partial charge in [-0.3, -0.25) is 4.99 Å². The van der Waals surface area contributed by atoms with Gasteiger partial charge in [0.15, 0.2) is 0 Å². The molecule has 1 atom stereocenters. The minimum atomic E-state index is 0.455. The molecule has 2 aliphatic heterocycles. The molecule has 1 saturated heterocycles. The molecule has 0 spiro atoms. The number of aryl methyl sites for hydroxylation is 1. The van der Waals surface area contributed by atoms with E-state index in [1.165, 1.54) is 36.8 Å². The molecule has 0 saturated carbocycles. The number of amidine groups is 1.